The van der Waals surface area contributed by atoms with Crippen LogP contribution in [0.25, 0.3) is 0 Å². The molecule has 2 fully saturated rings. The largest absolute Gasteiger partial charge is 0.372 e. The minimum absolute atomic E-state index is 0.131. The van der Waals surface area contributed by atoms with Crippen LogP contribution < -0.4 is 5.32 Å². The van der Waals surface area contributed by atoms with Gasteiger partial charge in [-0.3, -0.25) is 9.69 Å². The molecule has 0 saturated carbocycles. The van der Waals surface area contributed by atoms with Crippen LogP contribution in [0.15, 0.2) is 0 Å². The van der Waals surface area contributed by atoms with Gasteiger partial charge in [0.1, 0.15) is 0 Å². The molecule has 2 atom stereocenters. The van der Waals surface area contributed by atoms with E-state index in [2.05, 4.69) is 10.2 Å². The lowest BCUT2D eigenvalue weighted by molar-refractivity contribution is -0.154. The smallest absolute Gasteiger partial charge is 0.242 e. The number of piperazine rings is 1. The van der Waals surface area contributed by atoms with Crippen molar-refractivity contribution in [2.24, 2.45) is 0 Å². The van der Waals surface area contributed by atoms with Crippen molar-refractivity contribution in [1.29, 1.82) is 0 Å². The third-order valence-corrected chi connectivity index (χ3v) is 4.14. The molecule has 1 amide bonds. The third-order valence-electron chi connectivity index (χ3n) is 4.14. The average Bonchev–Trinajstić information content (AvgIpc) is 2.37. The lowest BCUT2D eigenvalue weighted by Gasteiger charge is -2.45. The van der Waals surface area contributed by atoms with Gasteiger partial charge in [0, 0.05) is 39.3 Å². The molecular formula is C14H27N3O2. The van der Waals surface area contributed by atoms with Crippen molar-refractivity contribution < 1.29 is 9.53 Å². The summed E-state index contributed by atoms with van der Waals surface area (Å²) in [6, 6.07) is 0. The van der Waals surface area contributed by atoms with Gasteiger partial charge in [-0.25, -0.2) is 0 Å². The Hall–Kier alpha value is -0.650. The molecule has 5 heteroatoms. The zero-order valence-electron chi connectivity index (χ0n) is 12.6. The van der Waals surface area contributed by atoms with Crippen LogP contribution in [0.4, 0.5) is 0 Å². The topological polar surface area (TPSA) is 44.8 Å². The van der Waals surface area contributed by atoms with Gasteiger partial charge in [-0.05, 0) is 27.7 Å². The number of carbonyl (C=O) groups is 1. The highest BCUT2D eigenvalue weighted by Crippen LogP contribution is 2.21. The zero-order valence-corrected chi connectivity index (χ0v) is 12.6. The summed E-state index contributed by atoms with van der Waals surface area (Å²) >= 11 is 0. The Balaban J connectivity index is 2.04. The Morgan fingerprint density at radius 3 is 2.21 bits per heavy atom. The molecule has 0 unspecified atom stereocenters. The molecule has 2 aliphatic heterocycles. The molecule has 2 heterocycles. The molecule has 19 heavy (non-hydrogen) atoms. The van der Waals surface area contributed by atoms with E-state index in [-0.39, 0.29) is 18.1 Å². The Kier molecular flexibility index (Phi) is 4.48. The van der Waals surface area contributed by atoms with Crippen molar-refractivity contribution in [1.82, 2.24) is 15.1 Å². The van der Waals surface area contributed by atoms with Gasteiger partial charge in [-0.15, -0.1) is 0 Å². The summed E-state index contributed by atoms with van der Waals surface area (Å²) in [6.07, 6.45) is 0.262. The monoisotopic (exact) mass is 269 g/mol. The standard InChI is InChI=1S/C14H27N3O2/c1-11-9-16(10-12(2)19-11)13(18)14(3,4)17-7-5-15-6-8-17/h11-12,15H,5-10H2,1-4H3/t11-,12+. The third kappa shape index (κ3) is 3.27. The number of nitrogens with one attached hydrogen (secondary N) is 1. The summed E-state index contributed by atoms with van der Waals surface area (Å²) in [5, 5.41) is 3.33. The number of hydrogen-bond donors (Lipinski definition) is 1. The van der Waals surface area contributed by atoms with Crippen molar-refractivity contribution in [2.75, 3.05) is 39.3 Å². The van der Waals surface area contributed by atoms with E-state index >= 15 is 0 Å². The number of rotatable bonds is 2. The Labute approximate surface area is 116 Å². The molecule has 5 nitrogen and oxygen atoms in total. The van der Waals surface area contributed by atoms with Gasteiger partial charge < -0.3 is 15.0 Å². The van der Waals surface area contributed by atoms with Gasteiger partial charge in [0.2, 0.25) is 5.91 Å². The lowest BCUT2D eigenvalue weighted by Crippen LogP contribution is -2.63. The minimum atomic E-state index is -0.418. The Bertz CT molecular complexity index is 317. The first-order valence-corrected chi connectivity index (χ1v) is 7.32. The van der Waals surface area contributed by atoms with Crippen molar-refractivity contribution in [3.63, 3.8) is 0 Å². The maximum absolute atomic E-state index is 12.8. The number of carbonyl (C=O) groups excluding carboxylic acids is 1. The lowest BCUT2D eigenvalue weighted by atomic mass is 9.98. The summed E-state index contributed by atoms with van der Waals surface area (Å²) in [7, 11) is 0. The number of hydrogen-bond acceptors (Lipinski definition) is 4. The second-order valence-corrected chi connectivity index (χ2v) is 6.26. The molecule has 0 bridgehead atoms. The maximum atomic E-state index is 12.8. The van der Waals surface area contributed by atoms with Gasteiger partial charge >= 0.3 is 0 Å². The van der Waals surface area contributed by atoms with Crippen LogP contribution in [0.2, 0.25) is 0 Å². The SMILES string of the molecule is C[C@@H]1CN(C(=O)C(C)(C)N2CCNCC2)C[C@H](C)O1. The zero-order chi connectivity index (χ0) is 14.0. The fraction of sp³-hybridized carbons (Fsp3) is 0.929. The van der Waals surface area contributed by atoms with Crippen LogP contribution >= 0.6 is 0 Å². The maximum Gasteiger partial charge on any atom is 0.242 e. The van der Waals surface area contributed by atoms with Gasteiger partial charge in [0.05, 0.1) is 17.7 Å². The van der Waals surface area contributed by atoms with Gasteiger partial charge in [0.15, 0.2) is 0 Å². The number of morpholine rings is 1. The predicted molar refractivity (Wildman–Crippen MR) is 75.1 cm³/mol. The predicted octanol–water partition coefficient (Wildman–Crippen LogP) is 0.306. The molecule has 0 radical (unpaired) electrons. The molecule has 0 aromatic rings. The number of amides is 1. The van der Waals surface area contributed by atoms with Crippen molar-refractivity contribution in [3.05, 3.63) is 0 Å². The van der Waals surface area contributed by atoms with Crippen LogP contribution in [0.5, 0.6) is 0 Å². The summed E-state index contributed by atoms with van der Waals surface area (Å²) in [5.41, 5.74) is -0.418. The second-order valence-electron chi connectivity index (χ2n) is 6.26. The molecule has 1 N–H and O–H groups in total. The quantitative estimate of drug-likeness (QED) is 0.783. The van der Waals surface area contributed by atoms with E-state index in [9.17, 15) is 4.79 Å². The van der Waals surface area contributed by atoms with Crippen LogP contribution in [0.3, 0.4) is 0 Å². The van der Waals surface area contributed by atoms with E-state index in [0.29, 0.717) is 13.1 Å². The summed E-state index contributed by atoms with van der Waals surface area (Å²) in [5.74, 6) is 0.233. The van der Waals surface area contributed by atoms with Crippen LogP contribution in [0, 0.1) is 0 Å². The van der Waals surface area contributed by atoms with E-state index in [1.54, 1.807) is 0 Å². The minimum Gasteiger partial charge on any atom is -0.372 e. The number of nitrogens with zero attached hydrogens (tertiary/aromatic N) is 2. The first kappa shape index (κ1) is 14.8. The highest BCUT2D eigenvalue weighted by atomic mass is 16.5. The van der Waals surface area contributed by atoms with E-state index in [1.165, 1.54) is 0 Å². The molecule has 110 valence electrons. The second kappa shape index (κ2) is 5.77. The first-order valence-electron chi connectivity index (χ1n) is 7.32. The molecular weight excluding hydrogens is 242 g/mol. The highest BCUT2D eigenvalue weighted by molar-refractivity contribution is 5.85. The van der Waals surface area contributed by atoms with E-state index < -0.39 is 5.54 Å². The van der Waals surface area contributed by atoms with Gasteiger partial charge in [-0.2, -0.15) is 0 Å². The molecule has 0 aromatic heterocycles. The highest BCUT2D eigenvalue weighted by Gasteiger charge is 2.40. The normalized spacial score (nSPS) is 30.4. The van der Waals surface area contributed by atoms with Crippen LogP contribution in [-0.2, 0) is 9.53 Å². The summed E-state index contributed by atoms with van der Waals surface area (Å²) < 4.78 is 5.71. The summed E-state index contributed by atoms with van der Waals surface area (Å²) in [6.45, 7) is 13.4. The Morgan fingerprint density at radius 2 is 1.68 bits per heavy atom. The average molecular weight is 269 g/mol. The van der Waals surface area contributed by atoms with Crippen molar-refractivity contribution in [3.8, 4) is 0 Å². The van der Waals surface area contributed by atoms with Gasteiger partial charge in [-0.1, -0.05) is 0 Å². The van der Waals surface area contributed by atoms with E-state index in [1.807, 2.05) is 32.6 Å². The molecule has 0 spiro atoms. The Morgan fingerprint density at radius 1 is 1.16 bits per heavy atom. The fourth-order valence-electron chi connectivity index (χ4n) is 3.09. The number of ether oxygens (including phenoxy) is 1. The molecule has 0 aliphatic carbocycles. The van der Waals surface area contributed by atoms with E-state index in [4.69, 9.17) is 4.74 Å². The molecule has 0 aromatic carbocycles. The molecule has 2 rings (SSSR count). The van der Waals surface area contributed by atoms with Crippen LogP contribution in [0.1, 0.15) is 27.7 Å². The summed E-state index contributed by atoms with van der Waals surface area (Å²) in [4.78, 5) is 17.1. The molecule has 2 saturated heterocycles. The van der Waals surface area contributed by atoms with Gasteiger partial charge in [0.25, 0.3) is 0 Å². The van der Waals surface area contributed by atoms with E-state index in [0.717, 1.165) is 26.2 Å². The molecule has 2 aliphatic rings. The first-order chi connectivity index (χ1) is 8.91. The van der Waals surface area contributed by atoms with Crippen molar-refractivity contribution in [2.45, 2.75) is 45.4 Å². The van der Waals surface area contributed by atoms with Crippen LogP contribution in [-0.4, -0.2) is 72.7 Å². The fourth-order valence-corrected chi connectivity index (χ4v) is 3.09. The van der Waals surface area contributed by atoms with Crippen molar-refractivity contribution >= 4 is 5.91 Å².